The molecule has 268 valence electrons. The molecule has 3 saturated carbocycles. The second kappa shape index (κ2) is 18.5. The van der Waals surface area contributed by atoms with Crippen molar-refractivity contribution in [3.63, 3.8) is 0 Å². The van der Waals surface area contributed by atoms with Crippen LogP contribution in [0.15, 0.2) is 6.07 Å². The Bertz CT molecular complexity index is 1100. The van der Waals surface area contributed by atoms with E-state index in [1.165, 1.54) is 77.0 Å². The van der Waals surface area contributed by atoms with Gasteiger partial charge in [0.2, 0.25) is 5.95 Å². The van der Waals surface area contributed by atoms with Gasteiger partial charge in [-0.15, -0.1) is 0 Å². The summed E-state index contributed by atoms with van der Waals surface area (Å²) < 4.78 is 24.4. The quantitative estimate of drug-likeness (QED) is 0.110. The van der Waals surface area contributed by atoms with Crippen molar-refractivity contribution in [1.82, 2.24) is 25.5 Å². The first-order valence-corrected chi connectivity index (χ1v) is 20.8. The molecule has 0 radical (unpaired) electrons. The summed E-state index contributed by atoms with van der Waals surface area (Å²) in [7, 11) is -3.07. The summed E-state index contributed by atoms with van der Waals surface area (Å²) >= 11 is 0. The maximum absolute atomic E-state index is 13.2. The highest BCUT2D eigenvalue weighted by atomic mass is 31.2. The van der Waals surface area contributed by atoms with Crippen molar-refractivity contribution in [2.24, 2.45) is 11.8 Å². The number of rotatable bonds is 18. The Morgan fingerprint density at radius 2 is 1.62 bits per heavy atom. The van der Waals surface area contributed by atoms with Crippen molar-refractivity contribution in [3.05, 3.63) is 6.07 Å². The molecule has 2 heterocycles. The molecule has 1 aromatic heterocycles. The Morgan fingerprint density at radius 3 is 2.32 bits per heavy atom. The van der Waals surface area contributed by atoms with E-state index in [4.69, 9.17) is 19.8 Å². The van der Waals surface area contributed by atoms with Crippen LogP contribution >= 0.6 is 7.60 Å². The number of piperazine rings is 1. The van der Waals surface area contributed by atoms with E-state index in [1.807, 2.05) is 19.9 Å². The van der Waals surface area contributed by atoms with Crippen LogP contribution in [-0.2, 0) is 13.6 Å². The fourth-order valence-corrected chi connectivity index (χ4v) is 10.2. The average molecular weight is 677 g/mol. The van der Waals surface area contributed by atoms with Gasteiger partial charge in [-0.3, -0.25) is 9.46 Å². The van der Waals surface area contributed by atoms with Gasteiger partial charge in [-0.2, -0.15) is 9.97 Å². The van der Waals surface area contributed by atoms with Gasteiger partial charge >= 0.3 is 7.60 Å². The van der Waals surface area contributed by atoms with E-state index >= 15 is 0 Å². The van der Waals surface area contributed by atoms with Crippen molar-refractivity contribution >= 4 is 25.2 Å². The monoisotopic (exact) mass is 676 g/mol. The van der Waals surface area contributed by atoms with Gasteiger partial charge in [0.25, 0.3) is 0 Å². The number of nitrogens with two attached hydrogens (primary N) is 1. The molecule has 0 unspecified atom stereocenters. The van der Waals surface area contributed by atoms with Crippen LogP contribution < -0.4 is 26.6 Å². The van der Waals surface area contributed by atoms with Gasteiger partial charge in [0.15, 0.2) is 0 Å². The Morgan fingerprint density at radius 1 is 0.915 bits per heavy atom. The van der Waals surface area contributed by atoms with Crippen molar-refractivity contribution in [2.75, 3.05) is 87.7 Å². The molecule has 0 amide bonds. The zero-order chi connectivity index (χ0) is 33.0. The Balaban J connectivity index is 1.04. The number of nitrogens with zero attached hydrogens (tertiary/aromatic N) is 4. The average Bonchev–Trinajstić information content (AvgIpc) is 3.54. The number of aromatic nitrogens is 2. The lowest BCUT2D eigenvalue weighted by Crippen LogP contribution is -2.61. The summed E-state index contributed by atoms with van der Waals surface area (Å²) in [6.45, 7) is 12.2. The molecule has 12 heteroatoms. The largest absolute Gasteiger partial charge is 0.383 e. The third-order valence-electron chi connectivity index (χ3n) is 11.2. The summed E-state index contributed by atoms with van der Waals surface area (Å²) in [5, 5.41) is 11.0. The van der Waals surface area contributed by atoms with E-state index in [-0.39, 0.29) is 5.54 Å². The van der Waals surface area contributed by atoms with Gasteiger partial charge in [0.1, 0.15) is 11.6 Å². The number of anilines is 3. The van der Waals surface area contributed by atoms with Gasteiger partial charge in [0.05, 0.1) is 19.4 Å². The van der Waals surface area contributed by atoms with Crippen LogP contribution in [-0.4, -0.2) is 98.2 Å². The second-order valence-corrected chi connectivity index (χ2v) is 16.8. The standard InChI is InChI=1S/C35H65N8O3P/c1-3-45-47(44,46-4-2)24-23-43-22-21-42(28-35(43)17-8-9-18-35)33-25-32(36)40-34(41-33)39-27-30-15-13-29(14-16-30)26-37-19-10-20-38-31-11-6-5-7-12-31/h25,29-31,37-38H,3-24,26-28H2,1-2H3,(H3,36,39,40,41)/t29-,30-. The molecule has 11 nitrogen and oxygen atoms in total. The van der Waals surface area contributed by atoms with E-state index < -0.39 is 7.60 Å². The molecular weight excluding hydrogens is 611 g/mol. The van der Waals surface area contributed by atoms with Crippen molar-refractivity contribution < 1.29 is 13.6 Å². The van der Waals surface area contributed by atoms with E-state index in [1.54, 1.807) is 0 Å². The van der Waals surface area contributed by atoms with Crippen molar-refractivity contribution in [1.29, 1.82) is 0 Å². The van der Waals surface area contributed by atoms with E-state index in [0.29, 0.717) is 37.1 Å². The minimum Gasteiger partial charge on any atom is -0.383 e. The summed E-state index contributed by atoms with van der Waals surface area (Å²) in [5.74, 6) is 3.50. The van der Waals surface area contributed by atoms with Crippen LogP contribution in [0.4, 0.5) is 17.6 Å². The third kappa shape index (κ3) is 11.0. The minimum atomic E-state index is -3.07. The maximum atomic E-state index is 13.2. The zero-order valence-corrected chi connectivity index (χ0v) is 30.4. The highest BCUT2D eigenvalue weighted by Gasteiger charge is 2.44. The lowest BCUT2D eigenvalue weighted by Gasteiger charge is -2.50. The predicted molar refractivity (Wildman–Crippen MR) is 193 cm³/mol. The van der Waals surface area contributed by atoms with Crippen LogP contribution in [0.1, 0.15) is 104 Å². The molecular formula is C35H65N8O3P. The topological polar surface area (TPSA) is 130 Å². The Hall–Kier alpha value is -1.49. The fraction of sp³-hybridized carbons (Fsp3) is 0.886. The molecule has 0 aromatic carbocycles. The molecule has 1 aliphatic heterocycles. The third-order valence-corrected chi connectivity index (χ3v) is 13.2. The van der Waals surface area contributed by atoms with Gasteiger partial charge in [-0.05, 0) is 103 Å². The predicted octanol–water partition coefficient (Wildman–Crippen LogP) is 5.88. The second-order valence-electron chi connectivity index (χ2n) is 14.6. The molecule has 0 atom stereocenters. The maximum Gasteiger partial charge on any atom is 0.331 e. The van der Waals surface area contributed by atoms with E-state index in [9.17, 15) is 4.57 Å². The van der Waals surface area contributed by atoms with Crippen LogP contribution in [0, 0.1) is 11.8 Å². The van der Waals surface area contributed by atoms with Gasteiger partial charge in [-0.25, -0.2) is 0 Å². The summed E-state index contributed by atoms with van der Waals surface area (Å²) in [6, 6.07) is 2.69. The van der Waals surface area contributed by atoms with Crippen LogP contribution in [0.3, 0.4) is 0 Å². The van der Waals surface area contributed by atoms with Gasteiger partial charge < -0.3 is 35.6 Å². The molecule has 1 aromatic rings. The summed E-state index contributed by atoms with van der Waals surface area (Å²) in [6.07, 6.45) is 18.4. The number of nitrogen functional groups attached to an aromatic ring is 1. The Labute approximate surface area is 284 Å². The zero-order valence-electron chi connectivity index (χ0n) is 29.5. The summed E-state index contributed by atoms with van der Waals surface area (Å²) in [4.78, 5) is 14.5. The molecule has 1 spiro atoms. The molecule has 47 heavy (non-hydrogen) atoms. The summed E-state index contributed by atoms with van der Waals surface area (Å²) in [5.41, 5.74) is 6.38. The highest BCUT2D eigenvalue weighted by Crippen LogP contribution is 2.49. The number of nitrogens with one attached hydrogen (secondary N) is 3. The first-order valence-electron chi connectivity index (χ1n) is 19.1. The first kappa shape index (κ1) is 36.8. The molecule has 5 rings (SSSR count). The van der Waals surface area contributed by atoms with Crippen molar-refractivity contribution in [3.8, 4) is 0 Å². The van der Waals surface area contributed by atoms with Crippen LogP contribution in [0.5, 0.6) is 0 Å². The number of hydrogen-bond donors (Lipinski definition) is 4. The molecule has 0 bridgehead atoms. The first-order chi connectivity index (χ1) is 22.9. The van der Waals surface area contributed by atoms with Crippen LogP contribution in [0.2, 0.25) is 0 Å². The molecule has 4 fully saturated rings. The lowest BCUT2D eigenvalue weighted by molar-refractivity contribution is 0.0818. The molecule has 5 N–H and O–H groups in total. The number of hydrogen-bond acceptors (Lipinski definition) is 11. The molecule has 3 aliphatic carbocycles. The van der Waals surface area contributed by atoms with Crippen LogP contribution in [0.25, 0.3) is 0 Å². The smallest absolute Gasteiger partial charge is 0.331 e. The minimum absolute atomic E-state index is 0.0497. The Kier molecular flexibility index (Phi) is 14.5. The van der Waals surface area contributed by atoms with Gasteiger partial charge in [-0.1, -0.05) is 32.1 Å². The highest BCUT2D eigenvalue weighted by molar-refractivity contribution is 7.53. The van der Waals surface area contributed by atoms with Crippen molar-refractivity contribution in [2.45, 2.75) is 115 Å². The van der Waals surface area contributed by atoms with E-state index in [0.717, 1.165) is 83.0 Å². The lowest BCUT2D eigenvalue weighted by atomic mass is 9.82. The van der Waals surface area contributed by atoms with Gasteiger partial charge in [0, 0.05) is 50.4 Å². The SMILES string of the molecule is CCOP(=O)(CCN1CCN(c2cc(N)nc(NC[C@H]3CC[C@H](CNCCCNC4CCCCC4)CC3)n2)CC12CCCC2)OCC. The van der Waals surface area contributed by atoms with E-state index in [2.05, 4.69) is 30.7 Å². The molecule has 4 aliphatic rings. The molecule has 1 saturated heterocycles. The fourth-order valence-electron chi connectivity index (χ4n) is 8.57. The normalized spacial score (nSPS) is 24.3.